The standard InChI is InChI=1S/C19H26N2O2/c1-14-9-11-21(12-10-14)19(23)16-6-4-5-15(13-16)18(22)20-17-7-2-3-8-17/h4-6,13-14,17H,2-3,7-12H2,1H3,(H,20,22). The first kappa shape index (κ1) is 16.0. The van der Waals surface area contributed by atoms with Gasteiger partial charge >= 0.3 is 0 Å². The first-order chi connectivity index (χ1) is 11.1. The molecule has 0 radical (unpaired) electrons. The summed E-state index contributed by atoms with van der Waals surface area (Å²) in [4.78, 5) is 26.9. The van der Waals surface area contributed by atoms with Crippen molar-refractivity contribution in [3.8, 4) is 0 Å². The van der Waals surface area contributed by atoms with E-state index in [-0.39, 0.29) is 11.8 Å². The number of benzene rings is 1. The predicted molar refractivity (Wildman–Crippen MR) is 90.5 cm³/mol. The van der Waals surface area contributed by atoms with Gasteiger partial charge in [0.1, 0.15) is 0 Å². The van der Waals surface area contributed by atoms with Gasteiger partial charge in [0.2, 0.25) is 0 Å². The molecule has 1 aromatic carbocycles. The zero-order valence-corrected chi connectivity index (χ0v) is 13.9. The third-order valence-corrected chi connectivity index (χ3v) is 5.13. The molecule has 0 aromatic heterocycles. The molecule has 3 rings (SSSR count). The summed E-state index contributed by atoms with van der Waals surface area (Å²) in [6, 6.07) is 7.45. The molecule has 2 amide bonds. The summed E-state index contributed by atoms with van der Waals surface area (Å²) in [5.74, 6) is 0.689. The lowest BCUT2D eigenvalue weighted by molar-refractivity contribution is 0.0697. The normalized spacial score (nSPS) is 19.8. The Morgan fingerprint density at radius 3 is 2.39 bits per heavy atom. The monoisotopic (exact) mass is 314 g/mol. The summed E-state index contributed by atoms with van der Waals surface area (Å²) in [6.07, 6.45) is 6.64. The molecule has 1 saturated carbocycles. The zero-order chi connectivity index (χ0) is 16.2. The van der Waals surface area contributed by atoms with E-state index in [1.807, 2.05) is 17.0 Å². The highest BCUT2D eigenvalue weighted by atomic mass is 16.2. The van der Waals surface area contributed by atoms with Gasteiger partial charge in [0.15, 0.2) is 0 Å². The van der Waals surface area contributed by atoms with E-state index >= 15 is 0 Å². The molecule has 1 aliphatic heterocycles. The lowest BCUT2D eigenvalue weighted by atomic mass is 9.98. The Morgan fingerprint density at radius 1 is 1.04 bits per heavy atom. The van der Waals surface area contributed by atoms with Crippen molar-refractivity contribution >= 4 is 11.8 Å². The number of hydrogen-bond acceptors (Lipinski definition) is 2. The molecule has 2 aliphatic rings. The molecule has 1 aromatic rings. The van der Waals surface area contributed by atoms with Crippen LogP contribution in [-0.4, -0.2) is 35.8 Å². The van der Waals surface area contributed by atoms with E-state index < -0.39 is 0 Å². The number of piperidine rings is 1. The third kappa shape index (κ3) is 3.92. The molecule has 0 atom stereocenters. The molecule has 1 aliphatic carbocycles. The Morgan fingerprint density at radius 2 is 1.70 bits per heavy atom. The summed E-state index contributed by atoms with van der Waals surface area (Å²) in [5, 5.41) is 3.08. The highest BCUT2D eigenvalue weighted by molar-refractivity contribution is 5.99. The molecule has 2 fully saturated rings. The molecule has 1 saturated heterocycles. The second kappa shape index (κ2) is 7.16. The number of likely N-dealkylation sites (tertiary alicyclic amines) is 1. The van der Waals surface area contributed by atoms with Crippen molar-refractivity contribution in [3.05, 3.63) is 35.4 Å². The van der Waals surface area contributed by atoms with Crippen molar-refractivity contribution < 1.29 is 9.59 Å². The van der Waals surface area contributed by atoms with Gasteiger partial charge in [-0.05, 0) is 49.8 Å². The van der Waals surface area contributed by atoms with E-state index in [1.165, 1.54) is 12.8 Å². The SMILES string of the molecule is CC1CCN(C(=O)c2cccc(C(=O)NC3CCCC3)c2)CC1. The largest absolute Gasteiger partial charge is 0.349 e. The number of amides is 2. The van der Waals surface area contributed by atoms with Gasteiger partial charge in [0, 0.05) is 30.3 Å². The van der Waals surface area contributed by atoms with Crippen molar-refractivity contribution in [2.75, 3.05) is 13.1 Å². The number of rotatable bonds is 3. The number of hydrogen-bond donors (Lipinski definition) is 1. The molecule has 23 heavy (non-hydrogen) atoms. The predicted octanol–water partition coefficient (Wildman–Crippen LogP) is 3.23. The number of nitrogens with zero attached hydrogens (tertiary/aromatic N) is 1. The lowest BCUT2D eigenvalue weighted by Crippen LogP contribution is -2.38. The van der Waals surface area contributed by atoms with E-state index in [0.717, 1.165) is 38.8 Å². The Hall–Kier alpha value is -1.84. The lowest BCUT2D eigenvalue weighted by Gasteiger charge is -2.30. The maximum atomic E-state index is 12.6. The maximum absolute atomic E-state index is 12.6. The average Bonchev–Trinajstić information content (AvgIpc) is 3.08. The van der Waals surface area contributed by atoms with Crippen LogP contribution in [0.15, 0.2) is 24.3 Å². The Bertz CT molecular complexity index is 570. The summed E-state index contributed by atoms with van der Waals surface area (Å²) in [7, 11) is 0. The van der Waals surface area contributed by atoms with Crippen LogP contribution in [0.1, 0.15) is 66.2 Å². The average molecular weight is 314 g/mol. The van der Waals surface area contributed by atoms with Crippen LogP contribution >= 0.6 is 0 Å². The van der Waals surface area contributed by atoms with E-state index in [0.29, 0.717) is 23.1 Å². The van der Waals surface area contributed by atoms with Crippen LogP contribution in [0.3, 0.4) is 0 Å². The molecule has 1 heterocycles. The quantitative estimate of drug-likeness (QED) is 0.931. The van der Waals surface area contributed by atoms with Crippen LogP contribution in [0.5, 0.6) is 0 Å². The second-order valence-electron chi connectivity index (χ2n) is 7.01. The van der Waals surface area contributed by atoms with Gasteiger partial charge in [-0.2, -0.15) is 0 Å². The Balaban J connectivity index is 1.66. The van der Waals surface area contributed by atoms with Gasteiger partial charge in [0.05, 0.1) is 0 Å². The van der Waals surface area contributed by atoms with Gasteiger partial charge in [-0.3, -0.25) is 9.59 Å². The van der Waals surface area contributed by atoms with Gasteiger partial charge in [0.25, 0.3) is 11.8 Å². The van der Waals surface area contributed by atoms with Crippen LogP contribution in [-0.2, 0) is 0 Å². The summed E-state index contributed by atoms with van der Waals surface area (Å²) < 4.78 is 0. The van der Waals surface area contributed by atoms with Crippen molar-refractivity contribution in [3.63, 3.8) is 0 Å². The molecule has 0 bridgehead atoms. The maximum Gasteiger partial charge on any atom is 0.253 e. The fourth-order valence-electron chi connectivity index (χ4n) is 3.53. The van der Waals surface area contributed by atoms with E-state index in [2.05, 4.69) is 12.2 Å². The number of nitrogens with one attached hydrogen (secondary N) is 1. The highest BCUT2D eigenvalue weighted by Gasteiger charge is 2.23. The third-order valence-electron chi connectivity index (χ3n) is 5.13. The smallest absolute Gasteiger partial charge is 0.253 e. The van der Waals surface area contributed by atoms with Crippen molar-refractivity contribution in [1.82, 2.24) is 10.2 Å². The topological polar surface area (TPSA) is 49.4 Å². The molecule has 4 heteroatoms. The number of carbonyl (C=O) groups excluding carboxylic acids is 2. The second-order valence-corrected chi connectivity index (χ2v) is 7.01. The van der Waals surface area contributed by atoms with Gasteiger partial charge < -0.3 is 10.2 Å². The fourth-order valence-corrected chi connectivity index (χ4v) is 3.53. The minimum atomic E-state index is -0.0567. The van der Waals surface area contributed by atoms with Crippen LogP contribution in [0, 0.1) is 5.92 Å². The van der Waals surface area contributed by atoms with Crippen LogP contribution in [0.25, 0.3) is 0 Å². The Labute approximate surface area is 138 Å². The first-order valence-corrected chi connectivity index (χ1v) is 8.83. The van der Waals surface area contributed by atoms with Crippen molar-refractivity contribution in [2.24, 2.45) is 5.92 Å². The summed E-state index contributed by atoms with van der Waals surface area (Å²) >= 11 is 0. The number of carbonyl (C=O) groups is 2. The molecule has 0 unspecified atom stereocenters. The molecular weight excluding hydrogens is 288 g/mol. The summed E-state index contributed by atoms with van der Waals surface area (Å²) in [5.41, 5.74) is 1.21. The fraction of sp³-hybridized carbons (Fsp3) is 0.579. The van der Waals surface area contributed by atoms with Crippen LogP contribution < -0.4 is 5.32 Å². The molecule has 1 N–H and O–H groups in total. The van der Waals surface area contributed by atoms with Gasteiger partial charge in [-0.25, -0.2) is 0 Å². The Kier molecular flexibility index (Phi) is 4.99. The van der Waals surface area contributed by atoms with E-state index in [4.69, 9.17) is 0 Å². The zero-order valence-electron chi connectivity index (χ0n) is 13.9. The van der Waals surface area contributed by atoms with Crippen LogP contribution in [0.4, 0.5) is 0 Å². The minimum absolute atomic E-state index is 0.0485. The van der Waals surface area contributed by atoms with E-state index in [9.17, 15) is 9.59 Å². The molecule has 0 spiro atoms. The van der Waals surface area contributed by atoms with Crippen molar-refractivity contribution in [2.45, 2.75) is 51.5 Å². The molecular formula is C19H26N2O2. The van der Waals surface area contributed by atoms with Gasteiger partial charge in [-0.1, -0.05) is 25.8 Å². The molecule has 4 nitrogen and oxygen atoms in total. The minimum Gasteiger partial charge on any atom is -0.349 e. The summed E-state index contributed by atoms with van der Waals surface area (Å²) in [6.45, 7) is 3.87. The first-order valence-electron chi connectivity index (χ1n) is 8.83. The molecule has 124 valence electrons. The van der Waals surface area contributed by atoms with Crippen molar-refractivity contribution in [1.29, 1.82) is 0 Å². The highest BCUT2D eigenvalue weighted by Crippen LogP contribution is 2.20. The van der Waals surface area contributed by atoms with Gasteiger partial charge in [-0.15, -0.1) is 0 Å². The van der Waals surface area contributed by atoms with E-state index in [1.54, 1.807) is 12.1 Å². The van der Waals surface area contributed by atoms with Crippen LogP contribution in [0.2, 0.25) is 0 Å².